The van der Waals surface area contributed by atoms with Gasteiger partial charge in [-0.1, -0.05) is 11.6 Å². The van der Waals surface area contributed by atoms with E-state index in [1.807, 2.05) is 0 Å². The average molecular weight is 300 g/mol. The van der Waals surface area contributed by atoms with Crippen molar-refractivity contribution in [1.82, 2.24) is 14.6 Å². The number of aromatic nitrogens is 3. The van der Waals surface area contributed by atoms with Crippen LogP contribution in [0.4, 0.5) is 13.2 Å². The number of halogens is 5. The third-order valence-electron chi connectivity index (χ3n) is 1.75. The zero-order valence-electron chi connectivity index (χ0n) is 6.89. The minimum atomic E-state index is -4.44. The Kier molecular flexibility index (Phi) is 2.38. The number of hydrogen-bond acceptors (Lipinski definition) is 2. The largest absolute Gasteiger partial charge is 0.417 e. The van der Waals surface area contributed by atoms with Crippen LogP contribution >= 0.6 is 27.5 Å². The molecule has 0 aliphatic carbocycles. The summed E-state index contributed by atoms with van der Waals surface area (Å²) in [5.74, 6) is 0. The quantitative estimate of drug-likeness (QED) is 0.748. The van der Waals surface area contributed by atoms with Crippen LogP contribution in [0.2, 0.25) is 5.02 Å². The molecule has 2 aromatic rings. The molecule has 80 valence electrons. The van der Waals surface area contributed by atoms with E-state index in [0.717, 1.165) is 16.7 Å². The van der Waals surface area contributed by atoms with Crippen molar-refractivity contribution in [3.63, 3.8) is 0 Å². The summed E-state index contributed by atoms with van der Waals surface area (Å²) in [4.78, 5) is 0. The van der Waals surface area contributed by atoms with Gasteiger partial charge in [-0.3, -0.25) is 4.40 Å². The van der Waals surface area contributed by atoms with E-state index in [9.17, 15) is 13.2 Å². The molecule has 15 heavy (non-hydrogen) atoms. The molecule has 0 saturated heterocycles. The van der Waals surface area contributed by atoms with Crippen molar-refractivity contribution >= 4 is 33.2 Å². The van der Waals surface area contributed by atoms with Gasteiger partial charge in [-0.15, -0.1) is 10.2 Å². The first-order valence-corrected chi connectivity index (χ1v) is 4.83. The van der Waals surface area contributed by atoms with E-state index >= 15 is 0 Å². The van der Waals surface area contributed by atoms with Crippen LogP contribution < -0.4 is 0 Å². The highest BCUT2D eigenvalue weighted by molar-refractivity contribution is 9.10. The predicted molar refractivity (Wildman–Crippen MR) is 50.7 cm³/mol. The average Bonchev–Trinajstić information content (AvgIpc) is 2.47. The molecule has 0 N–H and O–H groups in total. The van der Waals surface area contributed by atoms with Gasteiger partial charge in [-0.05, 0) is 22.0 Å². The van der Waals surface area contributed by atoms with Gasteiger partial charge < -0.3 is 0 Å². The number of rotatable bonds is 0. The Morgan fingerprint density at radius 3 is 2.60 bits per heavy atom. The standard InChI is InChI=1S/C7H2BrClF3N3/c8-6-14-13-5-4(9)1-3(2-15(5)6)7(10,11)12/h1-2H. The SMILES string of the molecule is FC(F)(F)c1cc(Cl)c2nnc(Br)n2c1. The molecule has 2 rings (SSSR count). The molecule has 0 bridgehead atoms. The van der Waals surface area contributed by atoms with Crippen LogP contribution in [0.3, 0.4) is 0 Å². The molecular formula is C7H2BrClF3N3. The third kappa shape index (κ3) is 1.81. The maximum absolute atomic E-state index is 12.4. The minimum absolute atomic E-state index is 0.0944. The monoisotopic (exact) mass is 299 g/mol. The van der Waals surface area contributed by atoms with Crippen molar-refractivity contribution in [2.75, 3.05) is 0 Å². The third-order valence-corrected chi connectivity index (χ3v) is 2.56. The fourth-order valence-corrected chi connectivity index (χ4v) is 1.68. The van der Waals surface area contributed by atoms with Crippen molar-refractivity contribution in [3.8, 4) is 0 Å². The Balaban J connectivity index is 2.76. The number of nitrogens with zero attached hydrogens (tertiary/aromatic N) is 3. The van der Waals surface area contributed by atoms with Gasteiger partial charge in [0.05, 0.1) is 10.6 Å². The van der Waals surface area contributed by atoms with Crippen LogP contribution in [0.5, 0.6) is 0 Å². The maximum Gasteiger partial charge on any atom is 0.417 e. The second-order valence-electron chi connectivity index (χ2n) is 2.74. The first-order valence-electron chi connectivity index (χ1n) is 3.66. The Morgan fingerprint density at radius 2 is 2.00 bits per heavy atom. The van der Waals surface area contributed by atoms with Gasteiger partial charge >= 0.3 is 6.18 Å². The van der Waals surface area contributed by atoms with Crippen molar-refractivity contribution in [1.29, 1.82) is 0 Å². The Bertz CT molecular complexity index is 522. The van der Waals surface area contributed by atoms with Gasteiger partial charge in [-0.2, -0.15) is 13.2 Å². The van der Waals surface area contributed by atoms with Gasteiger partial charge in [0.2, 0.25) is 4.73 Å². The maximum atomic E-state index is 12.4. The van der Waals surface area contributed by atoms with Crippen LogP contribution in [0.1, 0.15) is 5.56 Å². The summed E-state index contributed by atoms with van der Waals surface area (Å²) in [5, 5.41) is 7.07. The molecule has 0 amide bonds. The van der Waals surface area contributed by atoms with Gasteiger partial charge in [0.1, 0.15) is 0 Å². The second-order valence-corrected chi connectivity index (χ2v) is 3.85. The normalized spacial score (nSPS) is 12.3. The Morgan fingerprint density at radius 1 is 1.33 bits per heavy atom. The van der Waals surface area contributed by atoms with Crippen molar-refractivity contribution in [2.24, 2.45) is 0 Å². The van der Waals surface area contributed by atoms with Gasteiger partial charge in [-0.25, -0.2) is 0 Å². The highest BCUT2D eigenvalue weighted by Gasteiger charge is 2.32. The summed E-state index contributed by atoms with van der Waals surface area (Å²) >= 11 is 8.60. The minimum Gasteiger partial charge on any atom is -0.275 e. The molecule has 2 aromatic heterocycles. The smallest absolute Gasteiger partial charge is 0.275 e. The highest BCUT2D eigenvalue weighted by atomic mass is 79.9. The second kappa shape index (κ2) is 3.34. The molecule has 0 radical (unpaired) electrons. The lowest BCUT2D eigenvalue weighted by Gasteiger charge is -2.07. The van der Waals surface area contributed by atoms with Gasteiger partial charge in [0, 0.05) is 6.20 Å². The fraction of sp³-hybridized carbons (Fsp3) is 0.143. The van der Waals surface area contributed by atoms with Crippen molar-refractivity contribution in [3.05, 3.63) is 27.6 Å². The number of pyridine rings is 1. The lowest BCUT2D eigenvalue weighted by atomic mass is 10.3. The fourth-order valence-electron chi connectivity index (χ4n) is 1.08. The summed E-state index contributed by atoms with van der Waals surface area (Å²) in [5.41, 5.74) is -0.669. The molecule has 8 heteroatoms. The number of hydrogen-bond donors (Lipinski definition) is 0. The first-order chi connectivity index (χ1) is 6.89. The predicted octanol–water partition coefficient (Wildman–Crippen LogP) is 3.16. The van der Waals surface area contributed by atoms with Gasteiger partial charge in [0.15, 0.2) is 5.65 Å². The summed E-state index contributed by atoms with van der Waals surface area (Å²) in [6.07, 6.45) is -3.56. The van der Waals surface area contributed by atoms with Crippen molar-refractivity contribution < 1.29 is 13.2 Å². The molecule has 0 fully saturated rings. The summed E-state index contributed by atoms with van der Waals surface area (Å²) in [6.45, 7) is 0. The molecule has 0 atom stereocenters. The number of alkyl halides is 3. The molecule has 0 unspecified atom stereocenters. The van der Waals surface area contributed by atoms with E-state index in [4.69, 9.17) is 11.6 Å². The topological polar surface area (TPSA) is 30.2 Å². The molecule has 0 saturated carbocycles. The van der Waals surface area contributed by atoms with Crippen LogP contribution in [0.25, 0.3) is 5.65 Å². The van der Waals surface area contributed by atoms with Crippen LogP contribution in [-0.2, 0) is 6.18 Å². The molecule has 2 heterocycles. The Hall–Kier alpha value is -0.820. The lowest BCUT2D eigenvalue weighted by molar-refractivity contribution is -0.137. The summed E-state index contributed by atoms with van der Waals surface area (Å²) in [7, 11) is 0. The van der Waals surface area contributed by atoms with E-state index in [-0.39, 0.29) is 15.4 Å². The van der Waals surface area contributed by atoms with E-state index in [1.165, 1.54) is 0 Å². The summed E-state index contributed by atoms with van der Waals surface area (Å²) < 4.78 is 38.5. The first kappa shape index (κ1) is 10.7. The van der Waals surface area contributed by atoms with Crippen LogP contribution in [0, 0.1) is 0 Å². The van der Waals surface area contributed by atoms with Crippen LogP contribution in [-0.4, -0.2) is 14.6 Å². The zero-order valence-corrected chi connectivity index (χ0v) is 9.23. The lowest BCUT2D eigenvalue weighted by Crippen LogP contribution is -2.06. The number of fused-ring (bicyclic) bond motifs is 1. The summed E-state index contributed by atoms with van der Waals surface area (Å²) in [6, 6.07) is 0.817. The molecule has 3 nitrogen and oxygen atoms in total. The van der Waals surface area contributed by atoms with Gasteiger partial charge in [0.25, 0.3) is 0 Å². The van der Waals surface area contributed by atoms with Crippen molar-refractivity contribution in [2.45, 2.75) is 6.18 Å². The molecule has 0 spiro atoms. The molecule has 0 aromatic carbocycles. The Labute approximate surface area is 95.0 Å². The molecular weight excluding hydrogens is 298 g/mol. The van der Waals surface area contributed by atoms with E-state index in [2.05, 4.69) is 26.1 Å². The molecule has 0 aliphatic rings. The van der Waals surface area contributed by atoms with E-state index in [0.29, 0.717) is 0 Å². The zero-order chi connectivity index (χ0) is 11.2. The van der Waals surface area contributed by atoms with E-state index < -0.39 is 11.7 Å². The molecule has 0 aliphatic heterocycles. The van der Waals surface area contributed by atoms with E-state index in [1.54, 1.807) is 0 Å². The highest BCUT2D eigenvalue weighted by Crippen LogP contribution is 2.32. The van der Waals surface area contributed by atoms with Crippen LogP contribution in [0.15, 0.2) is 17.0 Å².